The van der Waals surface area contributed by atoms with Crippen molar-refractivity contribution >= 4 is 27.5 Å². The maximum Gasteiger partial charge on any atom is 0.264 e. The van der Waals surface area contributed by atoms with Crippen LogP contribution in [0.3, 0.4) is 0 Å². The number of carbonyl (C=O) groups is 2. The van der Waals surface area contributed by atoms with Crippen LogP contribution in [0.1, 0.15) is 50.8 Å². The highest BCUT2D eigenvalue weighted by Gasteiger charge is 2.33. The van der Waals surface area contributed by atoms with Gasteiger partial charge in [-0.05, 0) is 62.9 Å². The predicted octanol–water partition coefficient (Wildman–Crippen LogP) is 5.08. The molecule has 0 aliphatic heterocycles. The largest absolute Gasteiger partial charge is 0.352 e. The summed E-state index contributed by atoms with van der Waals surface area (Å²) in [5.41, 5.74) is 3.18. The molecular formula is C31H39N3O4S. The summed E-state index contributed by atoms with van der Waals surface area (Å²) >= 11 is 0. The summed E-state index contributed by atoms with van der Waals surface area (Å²) in [5.74, 6) is -0.746. The van der Waals surface area contributed by atoms with Gasteiger partial charge in [0, 0.05) is 12.6 Å². The van der Waals surface area contributed by atoms with Crippen LogP contribution in [0.4, 0.5) is 5.69 Å². The summed E-state index contributed by atoms with van der Waals surface area (Å²) in [5, 5.41) is 2.95. The Hall–Kier alpha value is -3.65. The van der Waals surface area contributed by atoms with Crippen LogP contribution < -0.4 is 9.62 Å². The Morgan fingerprint density at radius 1 is 0.872 bits per heavy atom. The first-order valence-corrected chi connectivity index (χ1v) is 14.8. The molecule has 0 spiro atoms. The number of anilines is 1. The van der Waals surface area contributed by atoms with Gasteiger partial charge in [0.2, 0.25) is 11.8 Å². The molecule has 3 aromatic carbocycles. The fourth-order valence-corrected chi connectivity index (χ4v) is 5.70. The maximum atomic E-state index is 14.0. The Kier molecular flexibility index (Phi) is 10.3. The van der Waals surface area contributed by atoms with Crippen LogP contribution in [-0.2, 0) is 32.6 Å². The van der Waals surface area contributed by atoms with Crippen LogP contribution in [0.2, 0.25) is 0 Å². The Morgan fingerprint density at radius 3 is 2.10 bits per heavy atom. The number of rotatable bonds is 12. The number of nitrogens with one attached hydrogen (secondary N) is 1. The third-order valence-corrected chi connectivity index (χ3v) is 8.67. The van der Waals surface area contributed by atoms with E-state index in [9.17, 15) is 18.0 Å². The molecule has 1 N–H and O–H groups in total. The molecule has 0 saturated heterocycles. The predicted molar refractivity (Wildman–Crippen MR) is 156 cm³/mol. The quantitative estimate of drug-likeness (QED) is 0.341. The van der Waals surface area contributed by atoms with E-state index in [1.54, 1.807) is 37.3 Å². The summed E-state index contributed by atoms with van der Waals surface area (Å²) in [6.45, 7) is 9.21. The average molecular weight is 550 g/mol. The van der Waals surface area contributed by atoms with E-state index in [0.29, 0.717) is 12.1 Å². The van der Waals surface area contributed by atoms with Crippen LogP contribution in [0.5, 0.6) is 0 Å². The molecule has 2 atom stereocenters. The minimum absolute atomic E-state index is 0.0531. The van der Waals surface area contributed by atoms with Gasteiger partial charge in [-0.2, -0.15) is 0 Å². The van der Waals surface area contributed by atoms with Gasteiger partial charge in [0.1, 0.15) is 12.6 Å². The molecule has 0 unspecified atom stereocenters. The topological polar surface area (TPSA) is 86.8 Å². The van der Waals surface area contributed by atoms with Gasteiger partial charge in [-0.3, -0.25) is 13.9 Å². The molecule has 39 heavy (non-hydrogen) atoms. The van der Waals surface area contributed by atoms with Gasteiger partial charge in [0.05, 0.1) is 10.6 Å². The SMILES string of the molecule is CCc1ccccc1N(CC(=O)N(Cc1ccc(C)cc1)[C@H](C)C(=O)N[C@@H](C)CC)S(=O)(=O)c1ccccc1. The zero-order valence-electron chi connectivity index (χ0n) is 23.4. The number of amides is 2. The van der Waals surface area contributed by atoms with E-state index in [1.165, 1.54) is 21.3 Å². The van der Waals surface area contributed by atoms with Gasteiger partial charge in [0.25, 0.3) is 10.0 Å². The molecule has 0 saturated carbocycles. The van der Waals surface area contributed by atoms with Crippen LogP contribution >= 0.6 is 0 Å². The first kappa shape index (κ1) is 29.9. The molecule has 2 amide bonds. The molecule has 3 rings (SSSR count). The number of aryl methyl sites for hydroxylation is 2. The van der Waals surface area contributed by atoms with Crippen molar-refractivity contribution in [1.29, 1.82) is 0 Å². The van der Waals surface area contributed by atoms with E-state index in [4.69, 9.17) is 0 Å². The second-order valence-electron chi connectivity index (χ2n) is 9.81. The molecule has 208 valence electrons. The molecule has 7 nitrogen and oxygen atoms in total. The molecule has 0 heterocycles. The first-order valence-electron chi connectivity index (χ1n) is 13.4. The Morgan fingerprint density at radius 2 is 1.49 bits per heavy atom. The Labute approximate surface area is 232 Å². The number of hydrogen-bond acceptors (Lipinski definition) is 4. The molecule has 3 aromatic rings. The fourth-order valence-electron chi connectivity index (χ4n) is 4.22. The van der Waals surface area contributed by atoms with Crippen molar-refractivity contribution < 1.29 is 18.0 Å². The van der Waals surface area contributed by atoms with Gasteiger partial charge >= 0.3 is 0 Å². The third-order valence-electron chi connectivity index (χ3n) is 6.89. The zero-order chi connectivity index (χ0) is 28.6. The van der Waals surface area contributed by atoms with Crippen molar-refractivity contribution in [1.82, 2.24) is 10.2 Å². The van der Waals surface area contributed by atoms with Crippen molar-refractivity contribution in [3.63, 3.8) is 0 Å². The Balaban J connectivity index is 2.04. The molecule has 0 aliphatic rings. The van der Waals surface area contributed by atoms with Crippen LogP contribution in [0.25, 0.3) is 0 Å². The molecular weight excluding hydrogens is 510 g/mol. The van der Waals surface area contributed by atoms with E-state index >= 15 is 0 Å². The van der Waals surface area contributed by atoms with Crippen molar-refractivity contribution in [3.05, 3.63) is 95.6 Å². The second kappa shape index (κ2) is 13.4. The summed E-state index contributed by atoms with van der Waals surface area (Å²) < 4.78 is 29.0. The molecule has 0 aromatic heterocycles. The zero-order valence-corrected chi connectivity index (χ0v) is 24.2. The Bertz CT molecular complexity index is 1360. The van der Waals surface area contributed by atoms with E-state index in [-0.39, 0.29) is 23.4 Å². The molecule has 0 radical (unpaired) electrons. The first-order chi connectivity index (χ1) is 18.6. The number of sulfonamides is 1. The van der Waals surface area contributed by atoms with Gasteiger partial charge in [-0.1, -0.05) is 80.1 Å². The van der Waals surface area contributed by atoms with Crippen LogP contribution in [0.15, 0.2) is 83.8 Å². The van der Waals surface area contributed by atoms with Gasteiger partial charge in [0.15, 0.2) is 0 Å². The maximum absolute atomic E-state index is 14.0. The van der Waals surface area contributed by atoms with E-state index in [2.05, 4.69) is 5.32 Å². The molecule has 0 aliphatic carbocycles. The minimum atomic E-state index is -4.08. The van der Waals surface area contributed by atoms with Crippen molar-refractivity contribution in [2.24, 2.45) is 0 Å². The number of hydrogen-bond donors (Lipinski definition) is 1. The van der Waals surface area contributed by atoms with Crippen molar-refractivity contribution in [3.8, 4) is 0 Å². The standard InChI is InChI=1S/C31H39N3O4S/c1-6-24(4)32-31(36)25(5)33(21-26-19-17-23(3)18-20-26)30(35)22-34(29-16-12-11-13-27(29)7-2)39(37,38)28-14-9-8-10-15-28/h8-20,24-25H,6-7,21-22H2,1-5H3,(H,32,36)/t24-,25+/m0/s1. The lowest BCUT2D eigenvalue weighted by Gasteiger charge is -2.33. The van der Waals surface area contributed by atoms with E-state index in [1.807, 2.05) is 64.1 Å². The normalized spacial score (nSPS) is 12.8. The van der Waals surface area contributed by atoms with E-state index < -0.39 is 28.5 Å². The second-order valence-corrected chi connectivity index (χ2v) is 11.7. The van der Waals surface area contributed by atoms with Crippen molar-refractivity contribution in [2.75, 3.05) is 10.8 Å². The van der Waals surface area contributed by atoms with Crippen LogP contribution in [-0.4, -0.2) is 43.8 Å². The summed E-state index contributed by atoms with van der Waals surface area (Å²) in [6.07, 6.45) is 1.34. The monoisotopic (exact) mass is 549 g/mol. The summed E-state index contributed by atoms with van der Waals surface area (Å²) in [4.78, 5) is 28.7. The number of benzene rings is 3. The highest BCUT2D eigenvalue weighted by Crippen LogP contribution is 2.28. The van der Waals surface area contributed by atoms with Gasteiger partial charge in [-0.25, -0.2) is 8.42 Å². The average Bonchev–Trinajstić information content (AvgIpc) is 2.95. The minimum Gasteiger partial charge on any atom is -0.352 e. The molecule has 0 bridgehead atoms. The van der Waals surface area contributed by atoms with Crippen LogP contribution in [0, 0.1) is 6.92 Å². The fraction of sp³-hybridized carbons (Fsp3) is 0.355. The van der Waals surface area contributed by atoms with Gasteiger partial charge < -0.3 is 10.2 Å². The van der Waals surface area contributed by atoms with Gasteiger partial charge in [-0.15, -0.1) is 0 Å². The lowest BCUT2D eigenvalue weighted by Crippen LogP contribution is -2.52. The lowest BCUT2D eigenvalue weighted by atomic mass is 10.1. The van der Waals surface area contributed by atoms with E-state index in [0.717, 1.165) is 23.1 Å². The summed E-state index contributed by atoms with van der Waals surface area (Å²) in [6, 6.07) is 22.2. The molecule has 0 fully saturated rings. The third kappa shape index (κ3) is 7.47. The molecule has 8 heteroatoms. The highest BCUT2D eigenvalue weighted by molar-refractivity contribution is 7.92. The van der Waals surface area contributed by atoms with Crippen molar-refractivity contribution in [2.45, 2.75) is 71.0 Å². The highest BCUT2D eigenvalue weighted by atomic mass is 32.2. The lowest BCUT2D eigenvalue weighted by molar-refractivity contribution is -0.139. The number of nitrogens with zero attached hydrogens (tertiary/aromatic N) is 2. The smallest absolute Gasteiger partial charge is 0.264 e. The number of carbonyl (C=O) groups excluding carboxylic acids is 2. The number of para-hydroxylation sites is 1. The summed E-state index contributed by atoms with van der Waals surface area (Å²) in [7, 11) is -4.08.